The van der Waals surface area contributed by atoms with Gasteiger partial charge >= 0.3 is 12.4 Å². The highest BCUT2D eigenvalue weighted by molar-refractivity contribution is 7.17. The summed E-state index contributed by atoms with van der Waals surface area (Å²) in [6, 6.07) is 2.03. The molecule has 2 aromatic rings. The number of rotatable bonds is 9. The lowest BCUT2D eigenvalue weighted by Gasteiger charge is -2.33. The molecule has 0 aliphatic carbocycles. The summed E-state index contributed by atoms with van der Waals surface area (Å²) in [5.74, 6) is -1.31. The van der Waals surface area contributed by atoms with E-state index in [9.17, 15) is 46.1 Å². The molecule has 0 atom stereocenters. The maximum atomic E-state index is 13.4. The highest BCUT2D eigenvalue weighted by atomic mass is 32.1. The van der Waals surface area contributed by atoms with Crippen LogP contribution in [0.2, 0.25) is 0 Å². The fourth-order valence-electron chi connectivity index (χ4n) is 3.60. The van der Waals surface area contributed by atoms with Gasteiger partial charge < -0.3 is 20.4 Å². The first-order chi connectivity index (χ1) is 17.3. The van der Waals surface area contributed by atoms with E-state index in [4.69, 9.17) is 0 Å². The Morgan fingerprint density at radius 2 is 1.55 bits per heavy atom. The Balaban J connectivity index is 2.74. The van der Waals surface area contributed by atoms with Crippen molar-refractivity contribution in [3.8, 4) is 10.4 Å². The van der Waals surface area contributed by atoms with Crippen LogP contribution in [-0.4, -0.2) is 69.5 Å². The summed E-state index contributed by atoms with van der Waals surface area (Å²) >= 11 is 0.733. The molecule has 1 aromatic heterocycles. The summed E-state index contributed by atoms with van der Waals surface area (Å²) < 4.78 is 80.6. The molecule has 0 saturated heterocycles. The van der Waals surface area contributed by atoms with E-state index in [-0.39, 0.29) is 52.8 Å². The molecule has 0 radical (unpaired) electrons. The number of alkyl halides is 6. The Bertz CT molecular complexity index is 1150. The monoisotopic (exact) mass is 569 g/mol. The van der Waals surface area contributed by atoms with E-state index in [1.54, 1.807) is 13.8 Å². The Morgan fingerprint density at radius 1 is 1.00 bits per heavy atom. The van der Waals surface area contributed by atoms with E-state index < -0.39 is 40.9 Å². The number of nitrogens with one attached hydrogen (secondary N) is 1. The molecule has 0 unspecified atom stereocenters. The molecule has 2 rings (SSSR count). The van der Waals surface area contributed by atoms with Gasteiger partial charge in [0.1, 0.15) is 5.69 Å². The van der Waals surface area contributed by atoms with Crippen LogP contribution in [0.5, 0.6) is 0 Å². The number of hydrogen-bond donors (Lipinski definition) is 3. The van der Waals surface area contributed by atoms with Gasteiger partial charge in [-0.25, -0.2) is 4.98 Å². The highest BCUT2D eigenvalue weighted by Gasteiger charge is 2.71. The molecule has 3 N–H and O–H groups in total. The van der Waals surface area contributed by atoms with Gasteiger partial charge in [0, 0.05) is 25.2 Å². The van der Waals surface area contributed by atoms with E-state index in [2.05, 4.69) is 10.3 Å². The van der Waals surface area contributed by atoms with E-state index in [0.29, 0.717) is 12.1 Å². The molecule has 212 valence electrons. The standard InChI is InChI=1S/C24H29F6N3O4S/c1-6-13-11-14(22(37,23(25,26)27)24(28,29)30)9-10-15(13)17-16(20(35)33(7-2)8-3)32-19(38-17)18(34)31-12-21(4,5)36/h9-11,36-37H,6-8,12H2,1-5H3,(H,31,34). The average Bonchev–Trinajstić information content (AvgIpc) is 3.25. The Labute approximate surface area is 219 Å². The van der Waals surface area contributed by atoms with Crippen LogP contribution in [0.4, 0.5) is 26.3 Å². The van der Waals surface area contributed by atoms with Gasteiger partial charge in [-0.05, 0) is 45.2 Å². The van der Waals surface area contributed by atoms with Gasteiger partial charge in [-0.1, -0.05) is 25.1 Å². The molecule has 1 aromatic carbocycles. The normalized spacial score (nSPS) is 13.0. The first kappa shape index (κ1) is 31.5. The number of carbonyl (C=O) groups excluding carboxylic acids is 2. The van der Waals surface area contributed by atoms with Crippen LogP contribution in [0.1, 0.15) is 66.0 Å². The third kappa shape index (κ3) is 6.29. The summed E-state index contributed by atoms with van der Waals surface area (Å²) in [5.41, 5.74) is -7.93. The van der Waals surface area contributed by atoms with E-state index in [0.717, 1.165) is 17.4 Å². The molecular formula is C24H29F6N3O4S. The maximum absolute atomic E-state index is 13.4. The lowest BCUT2D eigenvalue weighted by molar-refractivity contribution is -0.376. The maximum Gasteiger partial charge on any atom is 0.430 e. The van der Waals surface area contributed by atoms with Crippen molar-refractivity contribution < 1.29 is 46.1 Å². The number of halogens is 6. The van der Waals surface area contributed by atoms with Crippen LogP contribution in [0.25, 0.3) is 10.4 Å². The van der Waals surface area contributed by atoms with E-state index in [1.807, 2.05) is 0 Å². The molecule has 2 amide bonds. The molecule has 0 aliphatic rings. The molecule has 38 heavy (non-hydrogen) atoms. The molecule has 0 fully saturated rings. The second-order valence-corrected chi connectivity index (χ2v) is 10.1. The van der Waals surface area contributed by atoms with Gasteiger partial charge in [0.2, 0.25) is 0 Å². The predicted molar refractivity (Wildman–Crippen MR) is 129 cm³/mol. The van der Waals surface area contributed by atoms with Crippen molar-refractivity contribution in [3.05, 3.63) is 40.0 Å². The third-order valence-electron chi connectivity index (χ3n) is 5.73. The van der Waals surface area contributed by atoms with Crippen molar-refractivity contribution in [2.45, 2.75) is 64.6 Å². The zero-order valence-corrected chi connectivity index (χ0v) is 22.2. The lowest BCUT2D eigenvalue weighted by Crippen LogP contribution is -2.53. The minimum Gasteiger partial charge on any atom is -0.389 e. The third-order valence-corrected chi connectivity index (χ3v) is 6.81. The lowest BCUT2D eigenvalue weighted by atomic mass is 9.88. The fraction of sp³-hybridized carbons (Fsp3) is 0.542. The largest absolute Gasteiger partial charge is 0.430 e. The first-order valence-electron chi connectivity index (χ1n) is 11.6. The smallest absolute Gasteiger partial charge is 0.389 e. The quantitative estimate of drug-likeness (QED) is 0.381. The average molecular weight is 570 g/mol. The van der Waals surface area contributed by atoms with Crippen molar-refractivity contribution >= 4 is 23.2 Å². The fourth-order valence-corrected chi connectivity index (χ4v) is 4.63. The summed E-state index contributed by atoms with van der Waals surface area (Å²) in [6.45, 7) is 8.18. The Morgan fingerprint density at radius 3 is 2.00 bits per heavy atom. The van der Waals surface area contributed by atoms with Gasteiger partial charge in [0.25, 0.3) is 17.4 Å². The molecular weight excluding hydrogens is 540 g/mol. The van der Waals surface area contributed by atoms with Crippen LogP contribution in [0.3, 0.4) is 0 Å². The van der Waals surface area contributed by atoms with Crippen LogP contribution < -0.4 is 5.32 Å². The van der Waals surface area contributed by atoms with Gasteiger partial charge in [-0.2, -0.15) is 26.3 Å². The molecule has 7 nitrogen and oxygen atoms in total. The van der Waals surface area contributed by atoms with Gasteiger partial charge in [-0.3, -0.25) is 9.59 Å². The first-order valence-corrected chi connectivity index (χ1v) is 12.4. The number of aryl methyl sites for hydroxylation is 1. The van der Waals surface area contributed by atoms with Crippen LogP contribution >= 0.6 is 11.3 Å². The number of benzene rings is 1. The van der Waals surface area contributed by atoms with Gasteiger partial charge in [0.05, 0.1) is 10.5 Å². The second-order valence-electron chi connectivity index (χ2n) is 9.10. The van der Waals surface area contributed by atoms with Crippen LogP contribution in [0, 0.1) is 0 Å². The predicted octanol–water partition coefficient (Wildman–Crippen LogP) is 4.67. The second kappa shape index (κ2) is 11.2. The number of amides is 2. The van der Waals surface area contributed by atoms with Crippen molar-refractivity contribution in [1.82, 2.24) is 15.2 Å². The summed E-state index contributed by atoms with van der Waals surface area (Å²) in [5, 5.41) is 22.0. The topological polar surface area (TPSA) is 103 Å². The summed E-state index contributed by atoms with van der Waals surface area (Å²) in [6.07, 6.45) is -12.2. The number of carbonyl (C=O) groups is 2. The molecule has 0 saturated carbocycles. The zero-order chi connectivity index (χ0) is 29.3. The highest BCUT2D eigenvalue weighted by Crippen LogP contribution is 2.50. The number of hydrogen-bond acceptors (Lipinski definition) is 6. The van der Waals surface area contributed by atoms with Crippen LogP contribution in [0.15, 0.2) is 18.2 Å². The van der Waals surface area contributed by atoms with Crippen molar-refractivity contribution in [1.29, 1.82) is 0 Å². The molecule has 0 spiro atoms. The SMILES string of the molecule is CCc1cc(C(O)(C(F)(F)F)C(F)(F)F)ccc1-c1sc(C(=O)NCC(C)(C)O)nc1C(=O)N(CC)CC. The summed E-state index contributed by atoms with van der Waals surface area (Å²) in [4.78, 5) is 31.5. The van der Waals surface area contributed by atoms with Gasteiger partial charge in [-0.15, -0.1) is 11.3 Å². The molecule has 14 heteroatoms. The Kier molecular flexibility index (Phi) is 9.27. The van der Waals surface area contributed by atoms with Gasteiger partial charge in [0.15, 0.2) is 5.01 Å². The van der Waals surface area contributed by atoms with Crippen molar-refractivity contribution in [2.24, 2.45) is 0 Å². The molecule has 1 heterocycles. The minimum atomic E-state index is -6.06. The number of aromatic nitrogens is 1. The van der Waals surface area contributed by atoms with Crippen molar-refractivity contribution in [2.75, 3.05) is 19.6 Å². The van der Waals surface area contributed by atoms with E-state index in [1.165, 1.54) is 25.7 Å². The number of thiazole rings is 1. The van der Waals surface area contributed by atoms with Crippen molar-refractivity contribution in [3.63, 3.8) is 0 Å². The van der Waals surface area contributed by atoms with E-state index >= 15 is 0 Å². The summed E-state index contributed by atoms with van der Waals surface area (Å²) in [7, 11) is 0. The zero-order valence-electron chi connectivity index (χ0n) is 21.3. The Hall–Kier alpha value is -2.71. The number of aliphatic hydroxyl groups is 2. The molecule has 0 aliphatic heterocycles. The van der Waals surface area contributed by atoms with Crippen LogP contribution in [-0.2, 0) is 12.0 Å². The number of nitrogens with zero attached hydrogens (tertiary/aromatic N) is 2. The minimum absolute atomic E-state index is 0.0323. The molecule has 0 bridgehead atoms.